The van der Waals surface area contributed by atoms with E-state index < -0.39 is 11.6 Å². The lowest BCUT2D eigenvalue weighted by Gasteiger charge is -2.21. The molecule has 19 heavy (non-hydrogen) atoms. The van der Waals surface area contributed by atoms with Gasteiger partial charge in [0.05, 0.1) is 6.10 Å². The van der Waals surface area contributed by atoms with Crippen LogP contribution in [-0.4, -0.2) is 19.3 Å². The van der Waals surface area contributed by atoms with Crippen molar-refractivity contribution in [3.8, 4) is 0 Å². The van der Waals surface area contributed by atoms with E-state index in [0.717, 1.165) is 25.9 Å². The zero-order valence-electron chi connectivity index (χ0n) is 11.3. The molecule has 1 N–H and O–H groups in total. The van der Waals surface area contributed by atoms with Gasteiger partial charge in [0.2, 0.25) is 0 Å². The summed E-state index contributed by atoms with van der Waals surface area (Å²) in [5, 5.41) is 3.17. The largest absolute Gasteiger partial charge is 0.378 e. The Bertz CT molecular complexity index is 385. The van der Waals surface area contributed by atoms with Gasteiger partial charge in [-0.15, -0.1) is 0 Å². The smallest absolute Gasteiger partial charge is 0.130 e. The first-order valence-corrected chi connectivity index (χ1v) is 7.01. The summed E-state index contributed by atoms with van der Waals surface area (Å²) in [7, 11) is 0. The topological polar surface area (TPSA) is 21.3 Å². The molecule has 2 rings (SSSR count). The van der Waals surface area contributed by atoms with E-state index in [-0.39, 0.29) is 17.7 Å². The zero-order chi connectivity index (χ0) is 13.7. The van der Waals surface area contributed by atoms with Crippen molar-refractivity contribution in [2.75, 3.05) is 13.2 Å². The predicted octanol–water partition coefficient (Wildman–Crippen LogP) is 3.57. The molecular weight excluding hydrogens is 248 g/mol. The minimum atomic E-state index is -0.474. The van der Waals surface area contributed by atoms with Crippen LogP contribution in [0.5, 0.6) is 0 Å². The maximum Gasteiger partial charge on any atom is 0.130 e. The van der Waals surface area contributed by atoms with E-state index in [4.69, 9.17) is 4.74 Å². The molecule has 0 saturated carbocycles. The SMILES string of the molecule is CCNC(CCC1CCCO1)c1c(F)cccc1F. The maximum atomic E-state index is 13.8. The highest BCUT2D eigenvalue weighted by molar-refractivity contribution is 5.23. The van der Waals surface area contributed by atoms with E-state index >= 15 is 0 Å². The number of benzene rings is 1. The third kappa shape index (κ3) is 3.74. The summed E-state index contributed by atoms with van der Waals surface area (Å²) in [6.45, 7) is 3.44. The maximum absolute atomic E-state index is 13.8. The highest BCUT2D eigenvalue weighted by Gasteiger charge is 2.22. The first-order valence-electron chi connectivity index (χ1n) is 7.01. The lowest BCUT2D eigenvalue weighted by molar-refractivity contribution is 0.0994. The first kappa shape index (κ1) is 14.4. The molecule has 2 unspecified atom stereocenters. The number of hydrogen-bond donors (Lipinski definition) is 1. The molecule has 1 aromatic carbocycles. The molecule has 4 heteroatoms. The first-order chi connectivity index (χ1) is 9.22. The van der Waals surface area contributed by atoms with Gasteiger partial charge in [-0.05, 0) is 44.4 Å². The van der Waals surface area contributed by atoms with E-state index in [1.807, 2.05) is 6.92 Å². The molecule has 0 aromatic heterocycles. The van der Waals surface area contributed by atoms with Crippen LogP contribution in [0.2, 0.25) is 0 Å². The molecular formula is C15H21F2NO. The molecule has 0 aliphatic carbocycles. The molecule has 1 fully saturated rings. The van der Waals surface area contributed by atoms with Crippen LogP contribution in [0.25, 0.3) is 0 Å². The highest BCUT2D eigenvalue weighted by atomic mass is 19.1. The Labute approximate surface area is 113 Å². The highest BCUT2D eigenvalue weighted by Crippen LogP contribution is 2.27. The van der Waals surface area contributed by atoms with Crippen molar-refractivity contribution in [1.82, 2.24) is 5.32 Å². The van der Waals surface area contributed by atoms with Gasteiger partial charge in [-0.2, -0.15) is 0 Å². The fourth-order valence-corrected chi connectivity index (χ4v) is 2.66. The summed E-state index contributed by atoms with van der Waals surface area (Å²) in [5.74, 6) is -0.948. The van der Waals surface area contributed by atoms with Crippen LogP contribution in [0, 0.1) is 11.6 Å². The number of nitrogens with one attached hydrogen (secondary N) is 1. The Morgan fingerprint density at radius 3 is 2.68 bits per heavy atom. The number of ether oxygens (including phenoxy) is 1. The van der Waals surface area contributed by atoms with E-state index in [1.54, 1.807) is 0 Å². The summed E-state index contributed by atoms with van der Waals surface area (Å²) in [6.07, 6.45) is 3.92. The fourth-order valence-electron chi connectivity index (χ4n) is 2.66. The number of halogens is 2. The zero-order valence-corrected chi connectivity index (χ0v) is 11.3. The minimum Gasteiger partial charge on any atom is -0.378 e. The average molecular weight is 269 g/mol. The van der Waals surface area contributed by atoms with E-state index in [2.05, 4.69) is 5.32 Å². The monoisotopic (exact) mass is 269 g/mol. The predicted molar refractivity (Wildman–Crippen MR) is 71.0 cm³/mol. The van der Waals surface area contributed by atoms with Gasteiger partial charge in [-0.1, -0.05) is 13.0 Å². The van der Waals surface area contributed by atoms with Crippen LogP contribution < -0.4 is 5.32 Å². The van der Waals surface area contributed by atoms with Crippen LogP contribution >= 0.6 is 0 Å². The second-order valence-electron chi connectivity index (χ2n) is 4.96. The molecule has 0 bridgehead atoms. The van der Waals surface area contributed by atoms with Gasteiger partial charge in [0.25, 0.3) is 0 Å². The van der Waals surface area contributed by atoms with Gasteiger partial charge in [-0.3, -0.25) is 0 Å². The molecule has 0 radical (unpaired) electrons. The van der Waals surface area contributed by atoms with Crippen LogP contribution in [0.3, 0.4) is 0 Å². The van der Waals surface area contributed by atoms with Crippen molar-refractivity contribution < 1.29 is 13.5 Å². The quantitative estimate of drug-likeness (QED) is 0.852. The van der Waals surface area contributed by atoms with Crippen LogP contribution in [-0.2, 0) is 4.74 Å². The molecule has 0 amide bonds. The Morgan fingerprint density at radius 2 is 2.11 bits per heavy atom. The summed E-state index contributed by atoms with van der Waals surface area (Å²) in [6, 6.07) is 3.75. The summed E-state index contributed by atoms with van der Waals surface area (Å²) < 4.78 is 33.2. The minimum absolute atomic E-state index is 0.155. The Kier molecular flexibility index (Phi) is 5.28. The third-order valence-electron chi connectivity index (χ3n) is 3.60. The fraction of sp³-hybridized carbons (Fsp3) is 0.600. The van der Waals surface area contributed by atoms with Gasteiger partial charge in [-0.25, -0.2) is 8.78 Å². The lowest BCUT2D eigenvalue weighted by atomic mass is 9.98. The molecule has 0 spiro atoms. The van der Waals surface area contributed by atoms with Gasteiger partial charge >= 0.3 is 0 Å². The third-order valence-corrected chi connectivity index (χ3v) is 3.60. The molecule has 1 heterocycles. The Balaban J connectivity index is 2.05. The van der Waals surface area contributed by atoms with Crippen molar-refractivity contribution in [3.05, 3.63) is 35.4 Å². The second kappa shape index (κ2) is 6.96. The van der Waals surface area contributed by atoms with Crippen molar-refractivity contribution in [2.45, 2.75) is 44.8 Å². The molecule has 2 nitrogen and oxygen atoms in total. The molecule has 2 atom stereocenters. The lowest BCUT2D eigenvalue weighted by Crippen LogP contribution is -2.24. The second-order valence-corrected chi connectivity index (χ2v) is 4.96. The van der Waals surface area contributed by atoms with Gasteiger partial charge < -0.3 is 10.1 Å². The van der Waals surface area contributed by atoms with Gasteiger partial charge in [0, 0.05) is 18.2 Å². The number of rotatable bonds is 6. The van der Waals surface area contributed by atoms with Crippen molar-refractivity contribution in [1.29, 1.82) is 0 Å². The molecule has 106 valence electrons. The Morgan fingerprint density at radius 1 is 1.37 bits per heavy atom. The standard InChI is InChI=1S/C15H21F2NO/c1-2-18-14(9-8-11-5-4-10-19-11)15-12(16)6-3-7-13(15)17/h3,6-7,11,14,18H,2,4-5,8-10H2,1H3. The number of hydrogen-bond acceptors (Lipinski definition) is 2. The molecule has 1 saturated heterocycles. The van der Waals surface area contributed by atoms with Crippen LogP contribution in [0.4, 0.5) is 8.78 Å². The van der Waals surface area contributed by atoms with Gasteiger partial charge in [0.15, 0.2) is 0 Å². The average Bonchev–Trinajstić information content (AvgIpc) is 2.88. The summed E-state index contributed by atoms with van der Waals surface area (Å²) in [4.78, 5) is 0. The Hall–Kier alpha value is -1.00. The molecule has 1 aliphatic rings. The molecule has 1 aliphatic heterocycles. The summed E-state index contributed by atoms with van der Waals surface area (Å²) >= 11 is 0. The van der Waals surface area contributed by atoms with E-state index in [9.17, 15) is 8.78 Å². The normalized spacial score (nSPS) is 20.7. The van der Waals surface area contributed by atoms with E-state index in [0.29, 0.717) is 13.0 Å². The summed E-state index contributed by atoms with van der Waals surface area (Å²) in [5.41, 5.74) is 0.155. The van der Waals surface area contributed by atoms with Crippen LogP contribution in [0.1, 0.15) is 44.2 Å². The van der Waals surface area contributed by atoms with Gasteiger partial charge in [0.1, 0.15) is 11.6 Å². The van der Waals surface area contributed by atoms with E-state index in [1.165, 1.54) is 18.2 Å². The van der Waals surface area contributed by atoms with Crippen LogP contribution in [0.15, 0.2) is 18.2 Å². The van der Waals surface area contributed by atoms with Crippen molar-refractivity contribution >= 4 is 0 Å². The van der Waals surface area contributed by atoms with Crippen molar-refractivity contribution in [2.24, 2.45) is 0 Å². The van der Waals surface area contributed by atoms with Crippen molar-refractivity contribution in [3.63, 3.8) is 0 Å². The molecule has 1 aromatic rings.